The predicted molar refractivity (Wildman–Crippen MR) is 201 cm³/mol. The molecule has 0 aliphatic heterocycles. The Kier molecular flexibility index (Phi) is 22.1. The summed E-state index contributed by atoms with van der Waals surface area (Å²) in [6, 6.07) is -4.41. The van der Waals surface area contributed by atoms with Crippen LogP contribution in [0.2, 0.25) is 0 Å². The van der Waals surface area contributed by atoms with Crippen molar-refractivity contribution < 1.29 is 34.2 Å². The first kappa shape index (κ1) is 47.4. The summed E-state index contributed by atoms with van der Waals surface area (Å²) < 4.78 is 0. The summed E-state index contributed by atoms with van der Waals surface area (Å²) in [6.07, 6.45) is 2.40. The molecule has 0 saturated heterocycles. The molecule has 0 aromatic carbocycles. The van der Waals surface area contributed by atoms with Crippen molar-refractivity contribution in [1.29, 1.82) is 0 Å². The Hall–Kier alpha value is -3.65. The molecule has 3 amide bonds. The number of rotatable bonds is 27. The van der Waals surface area contributed by atoms with Crippen molar-refractivity contribution in [2.24, 2.45) is 29.4 Å². The fraction of sp³-hybridized carbons (Fsp3) is 0.757. The number of amides is 3. The average molecular weight is 724 g/mol. The van der Waals surface area contributed by atoms with Crippen molar-refractivity contribution in [3.8, 4) is 0 Å². The minimum absolute atomic E-state index is 0.00121. The Morgan fingerprint density at radius 1 is 0.686 bits per heavy atom. The number of hydrogen-bond donors (Lipinski definition) is 9. The Labute approximate surface area is 306 Å². The first-order valence-corrected chi connectivity index (χ1v) is 18.4. The molecule has 0 saturated carbocycles. The minimum Gasteiger partial charge on any atom is -0.481 e. The van der Waals surface area contributed by atoms with Crippen LogP contribution in [-0.4, -0.2) is 88.7 Å². The lowest BCUT2D eigenvalue weighted by molar-refractivity contribution is -0.141. The Morgan fingerprint density at radius 3 is 1.73 bits per heavy atom. The van der Waals surface area contributed by atoms with E-state index in [0.717, 1.165) is 0 Å². The van der Waals surface area contributed by atoms with Gasteiger partial charge in [-0.2, -0.15) is 0 Å². The van der Waals surface area contributed by atoms with E-state index in [1.54, 1.807) is 0 Å². The molecule has 0 spiro atoms. The van der Waals surface area contributed by atoms with Crippen LogP contribution >= 0.6 is 0 Å². The van der Waals surface area contributed by atoms with Crippen molar-refractivity contribution in [2.45, 2.75) is 150 Å². The average Bonchev–Trinajstić information content (AvgIpc) is 3.03. The van der Waals surface area contributed by atoms with Gasteiger partial charge in [-0.1, -0.05) is 88.3 Å². The van der Waals surface area contributed by atoms with Crippen molar-refractivity contribution in [3.63, 3.8) is 0 Å². The van der Waals surface area contributed by atoms with Gasteiger partial charge in [0.25, 0.3) is 0 Å². The molecule has 0 heterocycles. The molecule has 0 aromatic heterocycles. The standard InChI is InChI=1S/C37H69N7O7/c1-13-15-29(40-25(11)33(23(9)14-2)44-34(47)28(38)16-17-30(45)46)35(48)43-27(18-20(3)4)19-39-31(21(5)6)24(10)41-32(22(7)8)36(49)42-26(12)37(50)51/h20-23,26-29,31-33,39-41H,10-11,13-19,38H2,1-9,12H3,(H,42,49)(H,43,48)(H,44,47)(H,45,46)(H,50,51)/t23?,26-,27-,28-,29?,31-,32-,33-/m0/s1. The van der Waals surface area contributed by atoms with Crippen molar-refractivity contribution in [2.75, 3.05) is 6.54 Å². The molecule has 0 aliphatic carbocycles. The van der Waals surface area contributed by atoms with Crippen LogP contribution in [0.5, 0.6) is 0 Å². The van der Waals surface area contributed by atoms with Crippen LogP contribution in [-0.2, 0) is 24.0 Å². The third kappa shape index (κ3) is 17.9. The van der Waals surface area contributed by atoms with Gasteiger partial charge in [0.2, 0.25) is 17.7 Å². The van der Waals surface area contributed by atoms with E-state index in [0.29, 0.717) is 43.6 Å². The molecule has 10 N–H and O–H groups in total. The summed E-state index contributed by atoms with van der Waals surface area (Å²) in [7, 11) is 0. The SMILES string of the molecule is C=C(N[C@H](C(=O)N[C@@H](C)C(=O)O)C(C)C)[C@@H](NC[C@H](CC(C)C)NC(=O)C(CCC)NC(=C)[C@@H](NC(=O)[C@@H](N)CCC(=O)O)C(C)CC)C(C)C. The largest absolute Gasteiger partial charge is 0.481 e. The number of aliphatic carboxylic acids is 2. The quantitative estimate of drug-likeness (QED) is 0.0599. The molecule has 0 aromatic rings. The maximum Gasteiger partial charge on any atom is 0.325 e. The van der Waals surface area contributed by atoms with Gasteiger partial charge in [-0.05, 0) is 49.9 Å². The summed E-state index contributed by atoms with van der Waals surface area (Å²) in [4.78, 5) is 61.9. The summed E-state index contributed by atoms with van der Waals surface area (Å²) in [5, 5.41) is 36.9. The molecule has 0 radical (unpaired) electrons. The molecule has 51 heavy (non-hydrogen) atoms. The van der Waals surface area contributed by atoms with Crippen LogP contribution < -0.4 is 37.6 Å². The van der Waals surface area contributed by atoms with E-state index in [4.69, 9.17) is 10.8 Å². The monoisotopic (exact) mass is 724 g/mol. The number of carboxylic acids is 2. The topological polar surface area (TPSA) is 224 Å². The van der Waals surface area contributed by atoms with Crippen LogP contribution in [0, 0.1) is 23.7 Å². The molecule has 0 aliphatic rings. The summed E-state index contributed by atoms with van der Waals surface area (Å²) in [5.41, 5.74) is 7.02. The lowest BCUT2D eigenvalue weighted by Crippen LogP contribution is -2.56. The number of nitrogens with two attached hydrogens (primary N) is 1. The number of nitrogens with one attached hydrogen (secondary N) is 6. The van der Waals surface area contributed by atoms with E-state index < -0.39 is 54.0 Å². The third-order valence-electron chi connectivity index (χ3n) is 8.89. The molecule has 294 valence electrons. The van der Waals surface area contributed by atoms with Gasteiger partial charge in [-0.15, -0.1) is 0 Å². The van der Waals surface area contributed by atoms with Crippen LogP contribution in [0.25, 0.3) is 0 Å². The van der Waals surface area contributed by atoms with E-state index in [1.165, 1.54) is 6.92 Å². The van der Waals surface area contributed by atoms with Gasteiger partial charge in [-0.25, -0.2) is 0 Å². The summed E-state index contributed by atoms with van der Waals surface area (Å²) >= 11 is 0. The first-order chi connectivity index (χ1) is 23.7. The van der Waals surface area contributed by atoms with Crippen molar-refractivity contribution in [3.05, 3.63) is 24.6 Å². The molecule has 2 unspecified atom stereocenters. The second-order valence-electron chi connectivity index (χ2n) is 14.8. The lowest BCUT2D eigenvalue weighted by Gasteiger charge is -2.33. The van der Waals surface area contributed by atoms with E-state index in [1.807, 2.05) is 48.5 Å². The molecule has 8 atom stereocenters. The van der Waals surface area contributed by atoms with E-state index in [2.05, 4.69) is 58.9 Å². The van der Waals surface area contributed by atoms with Crippen molar-refractivity contribution >= 4 is 29.7 Å². The highest BCUT2D eigenvalue weighted by Gasteiger charge is 2.31. The molecule has 0 bridgehead atoms. The van der Waals surface area contributed by atoms with Crippen molar-refractivity contribution in [1.82, 2.24) is 31.9 Å². The van der Waals surface area contributed by atoms with Crippen LogP contribution in [0.1, 0.15) is 108 Å². The van der Waals surface area contributed by atoms with E-state index >= 15 is 0 Å². The molecule has 14 nitrogen and oxygen atoms in total. The Morgan fingerprint density at radius 2 is 1.25 bits per heavy atom. The lowest BCUT2D eigenvalue weighted by atomic mass is 9.95. The zero-order valence-corrected chi connectivity index (χ0v) is 32.7. The maximum absolute atomic E-state index is 13.8. The van der Waals surface area contributed by atoms with Crippen LogP contribution in [0.3, 0.4) is 0 Å². The van der Waals surface area contributed by atoms with E-state index in [9.17, 15) is 29.1 Å². The smallest absolute Gasteiger partial charge is 0.325 e. The van der Waals surface area contributed by atoms with Gasteiger partial charge in [0.15, 0.2) is 0 Å². The highest BCUT2D eigenvalue weighted by molar-refractivity contribution is 5.87. The zero-order chi connectivity index (χ0) is 39.6. The molecule has 0 rings (SSSR count). The van der Waals surface area contributed by atoms with Gasteiger partial charge < -0.3 is 47.8 Å². The van der Waals surface area contributed by atoms with Gasteiger partial charge in [0.05, 0.1) is 12.1 Å². The van der Waals surface area contributed by atoms with Gasteiger partial charge in [0, 0.05) is 36.4 Å². The number of carbonyl (C=O) groups is 5. The first-order valence-electron chi connectivity index (χ1n) is 18.4. The number of carbonyl (C=O) groups excluding carboxylic acids is 3. The second-order valence-corrected chi connectivity index (χ2v) is 14.8. The minimum atomic E-state index is -1.12. The summed E-state index contributed by atoms with van der Waals surface area (Å²) in [5.74, 6) is -3.13. The van der Waals surface area contributed by atoms with Crippen LogP contribution in [0.4, 0.5) is 0 Å². The molecule has 14 heteroatoms. The molecular formula is C37H69N7O7. The fourth-order valence-corrected chi connectivity index (χ4v) is 5.63. The fourth-order valence-electron chi connectivity index (χ4n) is 5.63. The highest BCUT2D eigenvalue weighted by Crippen LogP contribution is 2.17. The predicted octanol–water partition coefficient (Wildman–Crippen LogP) is 2.84. The number of hydrogen-bond acceptors (Lipinski definition) is 9. The van der Waals surface area contributed by atoms with Crippen LogP contribution in [0.15, 0.2) is 24.6 Å². The van der Waals surface area contributed by atoms with Gasteiger partial charge in [0.1, 0.15) is 18.1 Å². The Balaban J connectivity index is 5.88. The zero-order valence-electron chi connectivity index (χ0n) is 32.7. The normalized spacial score (nSPS) is 16.2. The maximum atomic E-state index is 13.8. The highest BCUT2D eigenvalue weighted by atomic mass is 16.4. The van der Waals surface area contributed by atoms with E-state index in [-0.39, 0.29) is 54.5 Å². The van der Waals surface area contributed by atoms with Gasteiger partial charge >= 0.3 is 11.9 Å². The van der Waals surface area contributed by atoms with Gasteiger partial charge in [-0.3, -0.25) is 24.0 Å². The molecule has 0 fully saturated rings. The number of carboxylic acid groups (broad SMARTS) is 2. The molecular weight excluding hydrogens is 654 g/mol. The third-order valence-corrected chi connectivity index (χ3v) is 8.89. The summed E-state index contributed by atoms with van der Waals surface area (Å²) in [6.45, 7) is 28.1. The second kappa shape index (κ2) is 23.8. The Bertz CT molecular complexity index is 1160.